The maximum absolute atomic E-state index is 8.12. The second kappa shape index (κ2) is 9.25. The van der Waals surface area contributed by atoms with E-state index < -0.39 is 0 Å². The van der Waals surface area contributed by atoms with Crippen LogP contribution in [-0.2, 0) is 25.5 Å². The fourth-order valence-electron chi connectivity index (χ4n) is 1.94. The predicted molar refractivity (Wildman–Crippen MR) is 69.3 cm³/mol. The Hall–Kier alpha value is -1.69. The molecular weight excluding hydrogens is 264 g/mol. The van der Waals surface area contributed by atoms with Gasteiger partial charge in [0.1, 0.15) is 6.26 Å². The summed E-state index contributed by atoms with van der Waals surface area (Å²) in [6.07, 6.45) is 4.18. The van der Waals surface area contributed by atoms with Gasteiger partial charge in [0.05, 0.1) is 25.0 Å². The highest BCUT2D eigenvalue weighted by Gasteiger charge is 2.25. The molecule has 1 fully saturated rings. The van der Waals surface area contributed by atoms with E-state index in [9.17, 15) is 0 Å². The molecule has 0 aliphatic carbocycles. The summed E-state index contributed by atoms with van der Waals surface area (Å²) in [5, 5.41) is 0. The first-order valence-corrected chi connectivity index (χ1v) is 6.54. The predicted octanol–water partition coefficient (Wildman–Crippen LogP) is 0.895. The van der Waals surface area contributed by atoms with Crippen LogP contribution in [0.25, 0.3) is 0 Å². The maximum atomic E-state index is 8.12. The van der Waals surface area contributed by atoms with Gasteiger partial charge in [0.2, 0.25) is 0 Å². The molecule has 0 unspecified atom stereocenters. The molecule has 0 aromatic carbocycles. The maximum Gasteiger partial charge on any atom is 0.373 e. The summed E-state index contributed by atoms with van der Waals surface area (Å²) < 4.78 is 16.1. The average Bonchev–Trinajstić information content (AvgIpc) is 3.08. The molecule has 0 radical (unpaired) electrons. The molecule has 0 amide bonds. The van der Waals surface area contributed by atoms with Gasteiger partial charge in [-0.2, -0.15) is 14.6 Å². The minimum atomic E-state index is 0.250. The zero-order chi connectivity index (χ0) is 14.8. The Morgan fingerprint density at radius 2 is 2.25 bits per heavy atom. The van der Waals surface area contributed by atoms with Crippen molar-refractivity contribution in [2.45, 2.75) is 25.9 Å². The van der Waals surface area contributed by atoms with E-state index in [1.165, 1.54) is 0 Å². The Morgan fingerprint density at radius 1 is 1.50 bits per heavy atom. The number of rotatable bonds is 6. The van der Waals surface area contributed by atoms with E-state index in [0.29, 0.717) is 13.2 Å². The van der Waals surface area contributed by atoms with Crippen LogP contribution in [0.5, 0.6) is 0 Å². The van der Waals surface area contributed by atoms with Gasteiger partial charge < -0.3 is 18.8 Å². The number of hydrogen-bond donors (Lipinski definition) is 0. The second-order valence-corrected chi connectivity index (χ2v) is 4.28. The number of ether oxygens (including phenoxy) is 2. The third-order valence-corrected chi connectivity index (χ3v) is 2.96. The average molecular weight is 284 g/mol. The lowest BCUT2D eigenvalue weighted by Gasteiger charge is -2.14. The van der Waals surface area contributed by atoms with Gasteiger partial charge in [-0.1, -0.05) is 6.92 Å². The first kappa shape index (κ1) is 16.4. The van der Waals surface area contributed by atoms with Crippen molar-refractivity contribution in [2.24, 2.45) is 0 Å². The zero-order valence-corrected chi connectivity index (χ0v) is 11.8. The molecule has 0 N–H and O–H groups in total. The number of nitrogens with zero attached hydrogens (tertiary/aromatic N) is 2. The quantitative estimate of drug-likeness (QED) is 0.717. The highest BCUT2D eigenvalue weighted by atomic mass is 16.5. The van der Waals surface area contributed by atoms with E-state index in [1.54, 1.807) is 13.4 Å². The van der Waals surface area contributed by atoms with Crippen LogP contribution in [0, 0.1) is 0 Å². The highest BCUT2D eigenvalue weighted by Crippen LogP contribution is 2.21. The summed E-state index contributed by atoms with van der Waals surface area (Å²) in [4.78, 5) is 22.8. The van der Waals surface area contributed by atoms with Gasteiger partial charge in [-0.15, -0.1) is 0 Å². The number of oxazole rings is 1. The summed E-state index contributed by atoms with van der Waals surface area (Å²) in [6, 6.07) is 0.722. The van der Waals surface area contributed by atoms with Crippen LogP contribution in [0.2, 0.25) is 0 Å². The van der Waals surface area contributed by atoms with Crippen LogP contribution in [0.1, 0.15) is 19.0 Å². The van der Waals surface area contributed by atoms with E-state index in [4.69, 9.17) is 23.5 Å². The van der Waals surface area contributed by atoms with Gasteiger partial charge in [-0.25, -0.2) is 0 Å². The Kier molecular flexibility index (Phi) is 7.57. The van der Waals surface area contributed by atoms with Gasteiger partial charge in [0, 0.05) is 20.2 Å². The van der Waals surface area contributed by atoms with Crippen molar-refractivity contribution in [3.8, 4) is 0 Å². The summed E-state index contributed by atoms with van der Waals surface area (Å²) in [5.74, 6) is 0. The molecule has 7 heteroatoms. The van der Waals surface area contributed by atoms with Gasteiger partial charge in [0.25, 0.3) is 6.01 Å². The number of carbonyl (C=O) groups excluding carboxylic acids is 2. The molecule has 1 aromatic rings. The van der Waals surface area contributed by atoms with Gasteiger partial charge >= 0.3 is 6.15 Å². The summed E-state index contributed by atoms with van der Waals surface area (Å²) in [5.41, 5.74) is 1.00. The molecule has 2 heterocycles. The van der Waals surface area contributed by atoms with Crippen LogP contribution < -0.4 is 4.90 Å². The van der Waals surface area contributed by atoms with E-state index in [-0.39, 0.29) is 12.3 Å². The summed E-state index contributed by atoms with van der Waals surface area (Å²) in [7, 11) is 1.68. The van der Waals surface area contributed by atoms with Crippen LogP contribution in [0.15, 0.2) is 10.7 Å². The SMILES string of the molecule is CCc1coc(N2CC[C@H](OCCOC)C2)n1.O=C=O. The molecule has 112 valence electrons. The summed E-state index contributed by atoms with van der Waals surface area (Å²) in [6.45, 7) is 5.17. The molecular formula is C13H20N2O5. The molecule has 1 aromatic heterocycles. The van der Waals surface area contributed by atoms with Crippen LogP contribution >= 0.6 is 0 Å². The van der Waals surface area contributed by atoms with Crippen molar-refractivity contribution in [3.05, 3.63) is 12.0 Å². The molecule has 0 spiro atoms. The first-order chi connectivity index (χ1) is 9.74. The zero-order valence-electron chi connectivity index (χ0n) is 11.8. The molecule has 2 rings (SSSR count). The fourth-order valence-corrected chi connectivity index (χ4v) is 1.94. The van der Waals surface area contributed by atoms with E-state index in [2.05, 4.69) is 16.8 Å². The lowest BCUT2D eigenvalue weighted by Crippen LogP contribution is -2.24. The van der Waals surface area contributed by atoms with Crippen molar-refractivity contribution in [3.63, 3.8) is 0 Å². The summed E-state index contributed by atoms with van der Waals surface area (Å²) >= 11 is 0. The second-order valence-electron chi connectivity index (χ2n) is 4.28. The minimum Gasteiger partial charge on any atom is -0.432 e. The third kappa shape index (κ3) is 5.13. The van der Waals surface area contributed by atoms with Crippen LogP contribution in [-0.4, -0.2) is 50.7 Å². The monoisotopic (exact) mass is 284 g/mol. The normalized spacial score (nSPS) is 17.5. The van der Waals surface area contributed by atoms with E-state index >= 15 is 0 Å². The van der Waals surface area contributed by atoms with E-state index in [1.807, 2.05) is 0 Å². The minimum absolute atomic E-state index is 0.250. The highest BCUT2D eigenvalue weighted by molar-refractivity contribution is 5.29. The van der Waals surface area contributed by atoms with Crippen LogP contribution in [0.3, 0.4) is 0 Å². The largest absolute Gasteiger partial charge is 0.432 e. The molecule has 1 saturated heterocycles. The lowest BCUT2D eigenvalue weighted by molar-refractivity contribution is -0.191. The Bertz CT molecular complexity index is 415. The molecule has 1 aliphatic heterocycles. The van der Waals surface area contributed by atoms with Gasteiger partial charge in [-0.05, 0) is 12.8 Å². The van der Waals surface area contributed by atoms with Gasteiger partial charge in [0.15, 0.2) is 0 Å². The van der Waals surface area contributed by atoms with Crippen molar-refractivity contribution in [1.29, 1.82) is 0 Å². The van der Waals surface area contributed by atoms with E-state index in [0.717, 1.165) is 37.6 Å². The number of hydrogen-bond acceptors (Lipinski definition) is 7. The number of methoxy groups -OCH3 is 1. The number of anilines is 1. The fraction of sp³-hybridized carbons (Fsp3) is 0.692. The Morgan fingerprint density at radius 3 is 2.85 bits per heavy atom. The molecule has 7 nitrogen and oxygen atoms in total. The molecule has 1 aliphatic rings. The van der Waals surface area contributed by atoms with Crippen molar-refractivity contribution >= 4 is 12.2 Å². The smallest absolute Gasteiger partial charge is 0.373 e. The third-order valence-electron chi connectivity index (χ3n) is 2.96. The van der Waals surface area contributed by atoms with Crippen molar-refractivity contribution in [1.82, 2.24) is 4.98 Å². The Labute approximate surface area is 117 Å². The first-order valence-electron chi connectivity index (χ1n) is 6.54. The number of aromatic nitrogens is 1. The standard InChI is InChI=1S/C12H20N2O3.CO2/c1-3-10-9-17-12(13-10)14-5-4-11(8-14)16-7-6-15-2;2-1-3/h9,11H,3-8H2,1-2H3;/t11-;/m0./s1. The van der Waals surface area contributed by atoms with Crippen LogP contribution in [0.4, 0.5) is 6.01 Å². The molecule has 20 heavy (non-hydrogen) atoms. The topological polar surface area (TPSA) is 81.9 Å². The Balaban J connectivity index is 0.000000612. The molecule has 0 bridgehead atoms. The lowest BCUT2D eigenvalue weighted by atomic mass is 10.3. The van der Waals surface area contributed by atoms with Gasteiger partial charge in [-0.3, -0.25) is 0 Å². The molecule has 1 atom stereocenters. The number of aryl methyl sites for hydroxylation is 1. The van der Waals surface area contributed by atoms with Crippen molar-refractivity contribution in [2.75, 3.05) is 38.3 Å². The molecule has 0 saturated carbocycles. The van der Waals surface area contributed by atoms with Crippen molar-refractivity contribution < 1.29 is 23.5 Å².